The number of phenols is 3. The van der Waals surface area contributed by atoms with Gasteiger partial charge in [-0.2, -0.15) is 0 Å². The highest BCUT2D eigenvalue weighted by Gasteiger charge is 2.43. The number of carbonyl (C=O) groups is 2. The Bertz CT molecular complexity index is 1760. The van der Waals surface area contributed by atoms with Crippen LogP contribution in [-0.2, 0) is 17.6 Å². The van der Waals surface area contributed by atoms with Gasteiger partial charge < -0.3 is 20.1 Å². The zero-order chi connectivity index (χ0) is 32.7. The second-order valence-electron chi connectivity index (χ2n) is 11.3. The lowest BCUT2D eigenvalue weighted by atomic mass is 9.77. The molecule has 5 N–H and O–H groups in total. The van der Waals surface area contributed by atoms with E-state index >= 15 is 0 Å². The second kappa shape index (κ2) is 11.6. The van der Waals surface area contributed by atoms with Crippen LogP contribution in [0.2, 0.25) is 0 Å². The largest absolute Gasteiger partial charge is 0.573 e. The van der Waals surface area contributed by atoms with E-state index in [1.165, 1.54) is 42.5 Å². The molecule has 0 saturated heterocycles. The molecule has 4 aromatic carbocycles. The van der Waals surface area contributed by atoms with Gasteiger partial charge in [0.05, 0.1) is 0 Å². The zero-order valence-electron chi connectivity index (χ0n) is 24.6. The maximum absolute atomic E-state index is 13.0. The van der Waals surface area contributed by atoms with Crippen molar-refractivity contribution in [2.75, 3.05) is 0 Å². The molecule has 0 bridgehead atoms. The van der Waals surface area contributed by atoms with E-state index in [1.54, 1.807) is 26.0 Å². The molecule has 2 heterocycles. The molecular weight excluding hydrogens is 589 g/mol. The SMILES string of the molecule is CC1(c2ccc(O)cc2)NCc2c(ccc(O)c2O)C1=O.CC1NC(C)(c2ccccc2)C(=O)c2ccc(OC(F)(F)F)cc21. The summed E-state index contributed by atoms with van der Waals surface area (Å²) in [5, 5.41) is 35.1. The van der Waals surface area contributed by atoms with Gasteiger partial charge in [-0.3, -0.25) is 20.2 Å². The number of alkyl halides is 3. The van der Waals surface area contributed by atoms with Gasteiger partial charge in [0.1, 0.15) is 22.6 Å². The van der Waals surface area contributed by atoms with E-state index in [2.05, 4.69) is 15.4 Å². The minimum atomic E-state index is -4.76. The first-order valence-electron chi connectivity index (χ1n) is 14.0. The Morgan fingerprint density at radius 1 is 0.800 bits per heavy atom. The lowest BCUT2D eigenvalue weighted by Gasteiger charge is -2.39. The molecule has 8 nitrogen and oxygen atoms in total. The number of Topliss-reactive ketones (excluding diaryl/α,β-unsaturated/α-hetero) is 2. The van der Waals surface area contributed by atoms with Crippen molar-refractivity contribution in [2.45, 2.75) is 50.8 Å². The normalized spacial score (nSPS) is 22.5. The smallest absolute Gasteiger partial charge is 0.508 e. The second-order valence-corrected chi connectivity index (χ2v) is 11.3. The summed E-state index contributed by atoms with van der Waals surface area (Å²) in [7, 11) is 0. The van der Waals surface area contributed by atoms with Crippen molar-refractivity contribution in [3.63, 3.8) is 0 Å². The van der Waals surface area contributed by atoms with E-state index in [-0.39, 0.29) is 47.2 Å². The van der Waals surface area contributed by atoms with Crippen LogP contribution < -0.4 is 15.4 Å². The van der Waals surface area contributed by atoms with E-state index in [0.717, 1.165) is 11.1 Å². The molecule has 2 aliphatic heterocycles. The molecule has 2 aliphatic rings. The Morgan fingerprint density at radius 3 is 2.04 bits per heavy atom. The summed E-state index contributed by atoms with van der Waals surface area (Å²) in [5.74, 6) is -1.07. The Kier molecular flexibility index (Phi) is 8.11. The molecule has 6 rings (SSSR count). The van der Waals surface area contributed by atoms with Crippen molar-refractivity contribution < 1.29 is 42.8 Å². The van der Waals surface area contributed by atoms with Crippen LogP contribution in [0, 0.1) is 0 Å². The Labute approximate surface area is 257 Å². The molecule has 234 valence electrons. The van der Waals surface area contributed by atoms with Gasteiger partial charge in [-0.15, -0.1) is 13.2 Å². The Hall–Kier alpha value is -4.87. The summed E-state index contributed by atoms with van der Waals surface area (Å²) >= 11 is 0. The average Bonchev–Trinajstić information content (AvgIpc) is 3.00. The molecule has 11 heteroatoms. The van der Waals surface area contributed by atoms with Gasteiger partial charge in [0.2, 0.25) is 0 Å². The standard InChI is InChI=1S/C18H16F3NO2.C16H15NO4/c1-11-15-10-13(24-18(19,20)21)8-9-14(15)16(23)17(2,22-11)12-6-4-3-5-7-12;1-16(9-2-4-10(18)5-3-9)15(21)11-6-7-13(19)14(20)12(11)8-17-16/h3-11,22H,1-2H3;2-7,17-20H,8H2,1H3. The minimum absolute atomic E-state index is 0.133. The first-order valence-corrected chi connectivity index (χ1v) is 14.0. The van der Waals surface area contributed by atoms with E-state index in [4.69, 9.17) is 0 Å². The summed E-state index contributed by atoms with van der Waals surface area (Å²) in [6.07, 6.45) is -4.76. The Morgan fingerprint density at radius 2 is 1.40 bits per heavy atom. The van der Waals surface area contributed by atoms with Crippen LogP contribution in [0.1, 0.15) is 69.8 Å². The van der Waals surface area contributed by atoms with Gasteiger partial charge in [0, 0.05) is 29.3 Å². The van der Waals surface area contributed by atoms with Crippen molar-refractivity contribution in [3.8, 4) is 23.0 Å². The fourth-order valence-electron chi connectivity index (χ4n) is 5.79. The van der Waals surface area contributed by atoms with Crippen molar-refractivity contribution in [3.05, 3.63) is 118 Å². The van der Waals surface area contributed by atoms with E-state index in [9.17, 15) is 38.1 Å². The molecule has 3 unspecified atom stereocenters. The molecule has 4 aromatic rings. The Balaban J connectivity index is 0.000000179. The van der Waals surface area contributed by atoms with Crippen LogP contribution >= 0.6 is 0 Å². The molecule has 3 atom stereocenters. The third-order valence-electron chi connectivity index (χ3n) is 8.30. The highest BCUT2D eigenvalue weighted by molar-refractivity contribution is 6.07. The summed E-state index contributed by atoms with van der Waals surface area (Å²) in [4.78, 5) is 25.7. The fraction of sp³-hybridized carbons (Fsp3) is 0.235. The fourth-order valence-corrected chi connectivity index (χ4v) is 5.79. The van der Waals surface area contributed by atoms with Crippen molar-refractivity contribution >= 4 is 11.6 Å². The molecule has 0 aliphatic carbocycles. The number of ether oxygens (including phenoxy) is 1. The number of aromatic hydroxyl groups is 3. The third-order valence-corrected chi connectivity index (χ3v) is 8.30. The van der Waals surface area contributed by atoms with Crippen LogP contribution in [0.15, 0.2) is 84.9 Å². The first-order chi connectivity index (χ1) is 21.1. The number of phenolic OH excluding ortho intramolecular Hbond substituents is 3. The molecule has 0 saturated carbocycles. The van der Waals surface area contributed by atoms with Crippen molar-refractivity contribution in [2.24, 2.45) is 0 Å². The van der Waals surface area contributed by atoms with Gasteiger partial charge >= 0.3 is 6.36 Å². The average molecular weight is 621 g/mol. The van der Waals surface area contributed by atoms with Gasteiger partial charge in [0.15, 0.2) is 23.1 Å². The summed E-state index contributed by atoms with van der Waals surface area (Å²) in [6, 6.07) is 22.0. The minimum Gasteiger partial charge on any atom is -0.508 e. The number of nitrogens with one attached hydrogen (secondary N) is 2. The monoisotopic (exact) mass is 620 g/mol. The quantitative estimate of drug-likeness (QED) is 0.168. The van der Waals surface area contributed by atoms with E-state index in [0.29, 0.717) is 22.3 Å². The topological polar surface area (TPSA) is 128 Å². The first kappa shape index (κ1) is 31.6. The summed E-state index contributed by atoms with van der Waals surface area (Å²) in [5.41, 5.74) is 1.35. The number of halogens is 3. The number of rotatable bonds is 3. The summed E-state index contributed by atoms with van der Waals surface area (Å²) in [6.45, 7) is 5.61. The molecule has 0 amide bonds. The lowest BCUT2D eigenvalue weighted by molar-refractivity contribution is -0.274. The summed E-state index contributed by atoms with van der Waals surface area (Å²) < 4.78 is 41.1. The molecular formula is C34H31F3N2O6. The number of carbonyl (C=O) groups excluding carboxylic acids is 2. The number of ketones is 2. The number of hydrogen-bond donors (Lipinski definition) is 5. The van der Waals surface area contributed by atoms with Crippen LogP contribution in [0.4, 0.5) is 13.2 Å². The highest BCUT2D eigenvalue weighted by atomic mass is 19.4. The maximum Gasteiger partial charge on any atom is 0.573 e. The van der Waals surface area contributed by atoms with E-state index < -0.39 is 17.4 Å². The van der Waals surface area contributed by atoms with Crippen molar-refractivity contribution in [1.29, 1.82) is 0 Å². The molecule has 0 spiro atoms. The van der Waals surface area contributed by atoms with E-state index in [1.807, 2.05) is 37.3 Å². The number of benzene rings is 4. The van der Waals surface area contributed by atoms with Crippen LogP contribution in [0.3, 0.4) is 0 Å². The van der Waals surface area contributed by atoms with Gasteiger partial charge in [-0.05, 0) is 79.9 Å². The highest BCUT2D eigenvalue weighted by Crippen LogP contribution is 2.40. The molecule has 0 fully saturated rings. The predicted molar refractivity (Wildman–Crippen MR) is 159 cm³/mol. The predicted octanol–water partition coefficient (Wildman–Crippen LogP) is 6.35. The maximum atomic E-state index is 13.0. The molecule has 45 heavy (non-hydrogen) atoms. The third kappa shape index (κ3) is 5.96. The number of hydrogen-bond acceptors (Lipinski definition) is 8. The zero-order valence-corrected chi connectivity index (χ0v) is 24.6. The van der Waals surface area contributed by atoms with Gasteiger partial charge in [-0.1, -0.05) is 42.5 Å². The molecule has 0 aromatic heterocycles. The van der Waals surface area contributed by atoms with Gasteiger partial charge in [0.25, 0.3) is 0 Å². The van der Waals surface area contributed by atoms with Gasteiger partial charge in [-0.25, -0.2) is 0 Å². The lowest BCUT2D eigenvalue weighted by Crippen LogP contribution is -2.51. The molecule has 0 radical (unpaired) electrons. The number of fused-ring (bicyclic) bond motifs is 2. The van der Waals surface area contributed by atoms with Crippen molar-refractivity contribution in [1.82, 2.24) is 10.6 Å². The van der Waals surface area contributed by atoms with Crippen LogP contribution in [0.5, 0.6) is 23.0 Å². The van der Waals surface area contributed by atoms with Crippen LogP contribution in [0.25, 0.3) is 0 Å². The van der Waals surface area contributed by atoms with Crippen LogP contribution in [-0.4, -0.2) is 33.2 Å².